The Morgan fingerprint density at radius 3 is 2.56 bits per heavy atom. The smallest absolute Gasteiger partial charge is 0.249 e. The second-order valence-corrected chi connectivity index (χ2v) is 5.73. The molecule has 0 radical (unpaired) electrons. The molecular formula is C20H20N4O. The van der Waals surface area contributed by atoms with Crippen LogP contribution in [0.4, 0.5) is 5.82 Å². The number of H-pyrrole nitrogens is 1. The molecule has 0 spiro atoms. The number of amides is 1. The second-order valence-electron chi connectivity index (χ2n) is 5.73. The van der Waals surface area contributed by atoms with E-state index in [0.29, 0.717) is 5.82 Å². The summed E-state index contributed by atoms with van der Waals surface area (Å²) in [6.45, 7) is 4.04. The summed E-state index contributed by atoms with van der Waals surface area (Å²) in [5.41, 5.74) is 4.91. The van der Waals surface area contributed by atoms with E-state index in [1.165, 1.54) is 11.6 Å². The van der Waals surface area contributed by atoms with Gasteiger partial charge < -0.3 is 5.32 Å². The van der Waals surface area contributed by atoms with Crippen LogP contribution in [-0.4, -0.2) is 21.1 Å². The SMILES string of the molecule is CCc1ccc(C=CC(=O)Nc2[nH]nc(-c3ccncc3)c2C)cc1. The number of hydrogen-bond acceptors (Lipinski definition) is 3. The normalized spacial score (nSPS) is 11.0. The molecule has 0 fully saturated rings. The summed E-state index contributed by atoms with van der Waals surface area (Å²) in [5.74, 6) is 0.399. The fraction of sp³-hybridized carbons (Fsp3) is 0.150. The first-order chi connectivity index (χ1) is 12.2. The molecule has 0 unspecified atom stereocenters. The number of nitrogens with zero attached hydrogens (tertiary/aromatic N) is 2. The van der Waals surface area contributed by atoms with Crippen molar-refractivity contribution < 1.29 is 4.79 Å². The molecule has 0 aliphatic heterocycles. The maximum atomic E-state index is 12.2. The molecule has 0 bridgehead atoms. The highest BCUT2D eigenvalue weighted by atomic mass is 16.1. The highest BCUT2D eigenvalue weighted by Gasteiger charge is 2.11. The predicted octanol–water partition coefficient (Wildman–Crippen LogP) is 3.99. The third kappa shape index (κ3) is 4.01. The zero-order valence-electron chi connectivity index (χ0n) is 14.3. The van der Waals surface area contributed by atoms with E-state index in [1.54, 1.807) is 18.5 Å². The summed E-state index contributed by atoms with van der Waals surface area (Å²) in [7, 11) is 0. The van der Waals surface area contributed by atoms with Crippen molar-refractivity contribution in [2.75, 3.05) is 5.32 Å². The Morgan fingerprint density at radius 1 is 1.16 bits per heavy atom. The second kappa shape index (κ2) is 7.57. The van der Waals surface area contributed by atoms with E-state index in [0.717, 1.165) is 28.8 Å². The number of rotatable bonds is 5. The van der Waals surface area contributed by atoms with E-state index in [4.69, 9.17) is 0 Å². The van der Waals surface area contributed by atoms with E-state index in [9.17, 15) is 4.79 Å². The Bertz CT molecular complexity index is 880. The average molecular weight is 332 g/mol. The molecule has 0 saturated carbocycles. The molecule has 0 aliphatic carbocycles. The van der Waals surface area contributed by atoms with Gasteiger partial charge in [-0.05, 0) is 42.7 Å². The maximum absolute atomic E-state index is 12.2. The van der Waals surface area contributed by atoms with E-state index in [1.807, 2.05) is 31.2 Å². The number of benzene rings is 1. The number of pyridine rings is 1. The lowest BCUT2D eigenvalue weighted by Gasteiger charge is -2.01. The van der Waals surface area contributed by atoms with Crippen LogP contribution in [0.2, 0.25) is 0 Å². The third-order valence-electron chi connectivity index (χ3n) is 4.03. The number of nitrogens with one attached hydrogen (secondary N) is 2. The summed E-state index contributed by atoms with van der Waals surface area (Å²) in [6.07, 6.45) is 7.75. The molecule has 5 nitrogen and oxygen atoms in total. The van der Waals surface area contributed by atoms with Crippen molar-refractivity contribution in [1.29, 1.82) is 0 Å². The van der Waals surface area contributed by atoms with Crippen LogP contribution in [-0.2, 0) is 11.2 Å². The zero-order valence-corrected chi connectivity index (χ0v) is 14.3. The molecule has 0 aliphatic rings. The van der Waals surface area contributed by atoms with Gasteiger partial charge in [0.05, 0.1) is 5.69 Å². The van der Waals surface area contributed by atoms with E-state index in [-0.39, 0.29) is 5.91 Å². The van der Waals surface area contributed by atoms with Gasteiger partial charge in [-0.2, -0.15) is 5.10 Å². The van der Waals surface area contributed by atoms with Crippen molar-refractivity contribution in [3.05, 3.63) is 71.6 Å². The van der Waals surface area contributed by atoms with Crippen molar-refractivity contribution in [2.45, 2.75) is 20.3 Å². The molecule has 2 heterocycles. The minimum absolute atomic E-state index is 0.201. The molecule has 2 aromatic heterocycles. The summed E-state index contributed by atoms with van der Waals surface area (Å²) in [4.78, 5) is 16.2. The number of aromatic amines is 1. The summed E-state index contributed by atoms with van der Waals surface area (Å²) < 4.78 is 0. The van der Waals surface area contributed by atoms with Gasteiger partial charge in [0.2, 0.25) is 5.91 Å². The monoisotopic (exact) mass is 332 g/mol. The number of hydrogen-bond donors (Lipinski definition) is 2. The fourth-order valence-corrected chi connectivity index (χ4v) is 2.51. The number of aromatic nitrogens is 3. The van der Waals surface area contributed by atoms with Crippen LogP contribution in [0.15, 0.2) is 54.9 Å². The molecule has 25 heavy (non-hydrogen) atoms. The first-order valence-electron chi connectivity index (χ1n) is 8.20. The van der Waals surface area contributed by atoms with Crippen molar-refractivity contribution in [3.8, 4) is 11.3 Å². The van der Waals surface area contributed by atoms with E-state index in [2.05, 4.69) is 39.6 Å². The molecule has 126 valence electrons. The van der Waals surface area contributed by atoms with Crippen LogP contribution < -0.4 is 5.32 Å². The number of carbonyl (C=O) groups excluding carboxylic acids is 1. The Labute approximate surface area is 146 Å². The predicted molar refractivity (Wildman–Crippen MR) is 100 cm³/mol. The minimum Gasteiger partial charge on any atom is -0.307 e. The third-order valence-corrected chi connectivity index (χ3v) is 4.03. The molecule has 3 aromatic rings. The highest BCUT2D eigenvalue weighted by molar-refractivity contribution is 6.02. The van der Waals surface area contributed by atoms with E-state index < -0.39 is 0 Å². The van der Waals surface area contributed by atoms with Crippen molar-refractivity contribution >= 4 is 17.8 Å². The van der Waals surface area contributed by atoms with Crippen LogP contribution in [0, 0.1) is 6.92 Å². The zero-order chi connectivity index (χ0) is 17.6. The number of anilines is 1. The standard InChI is InChI=1S/C20H20N4O/c1-3-15-4-6-16(7-5-15)8-9-18(25)22-20-14(2)19(23-24-20)17-10-12-21-13-11-17/h4-13H,3H2,1-2H3,(H2,22,23,24,25). The van der Waals surface area contributed by atoms with Crippen LogP contribution in [0.1, 0.15) is 23.6 Å². The topological polar surface area (TPSA) is 70.7 Å². The van der Waals surface area contributed by atoms with Crippen LogP contribution in [0.3, 0.4) is 0 Å². The Hall–Kier alpha value is -3.21. The lowest BCUT2D eigenvalue weighted by Crippen LogP contribution is -2.09. The lowest BCUT2D eigenvalue weighted by atomic mass is 10.1. The van der Waals surface area contributed by atoms with Crippen molar-refractivity contribution in [1.82, 2.24) is 15.2 Å². The van der Waals surface area contributed by atoms with Gasteiger partial charge in [-0.15, -0.1) is 0 Å². The first kappa shape index (κ1) is 16.6. The Morgan fingerprint density at radius 2 is 1.88 bits per heavy atom. The van der Waals surface area contributed by atoms with Crippen molar-refractivity contribution in [2.24, 2.45) is 0 Å². The van der Waals surface area contributed by atoms with Crippen molar-refractivity contribution in [3.63, 3.8) is 0 Å². The van der Waals surface area contributed by atoms with Crippen LogP contribution in [0.5, 0.6) is 0 Å². The molecule has 5 heteroatoms. The fourth-order valence-electron chi connectivity index (χ4n) is 2.51. The summed E-state index contributed by atoms with van der Waals surface area (Å²) in [6, 6.07) is 11.9. The van der Waals surface area contributed by atoms with E-state index >= 15 is 0 Å². The minimum atomic E-state index is -0.201. The van der Waals surface area contributed by atoms with Gasteiger partial charge in [0.15, 0.2) is 0 Å². The largest absolute Gasteiger partial charge is 0.307 e. The molecular weight excluding hydrogens is 312 g/mol. The summed E-state index contributed by atoms with van der Waals surface area (Å²) in [5, 5.41) is 10.00. The van der Waals surface area contributed by atoms with Gasteiger partial charge in [-0.25, -0.2) is 0 Å². The van der Waals surface area contributed by atoms with Gasteiger partial charge >= 0.3 is 0 Å². The Balaban J connectivity index is 1.69. The molecule has 1 aromatic carbocycles. The number of carbonyl (C=O) groups is 1. The number of aryl methyl sites for hydroxylation is 1. The molecule has 0 atom stereocenters. The van der Waals surface area contributed by atoms with Gasteiger partial charge in [0, 0.05) is 29.6 Å². The van der Waals surface area contributed by atoms with Gasteiger partial charge in [-0.3, -0.25) is 14.9 Å². The molecule has 3 rings (SSSR count). The molecule has 0 saturated heterocycles. The van der Waals surface area contributed by atoms with Gasteiger partial charge in [0.25, 0.3) is 0 Å². The van der Waals surface area contributed by atoms with Crippen LogP contribution in [0.25, 0.3) is 17.3 Å². The molecule has 2 N–H and O–H groups in total. The average Bonchev–Trinajstić information content (AvgIpc) is 3.01. The van der Waals surface area contributed by atoms with Crippen LogP contribution >= 0.6 is 0 Å². The first-order valence-corrected chi connectivity index (χ1v) is 8.20. The van der Waals surface area contributed by atoms with Gasteiger partial charge in [0.1, 0.15) is 5.82 Å². The maximum Gasteiger partial charge on any atom is 0.249 e. The summed E-state index contributed by atoms with van der Waals surface area (Å²) >= 11 is 0. The lowest BCUT2D eigenvalue weighted by molar-refractivity contribution is -0.111. The quantitative estimate of drug-likeness (QED) is 0.694. The molecule has 1 amide bonds. The van der Waals surface area contributed by atoms with Gasteiger partial charge in [-0.1, -0.05) is 31.2 Å². The highest BCUT2D eigenvalue weighted by Crippen LogP contribution is 2.25. The Kier molecular flexibility index (Phi) is 5.04.